The van der Waals surface area contributed by atoms with Crippen molar-refractivity contribution in [3.8, 4) is 0 Å². The molecule has 0 amide bonds. The molecule has 0 aromatic heterocycles. The molecule has 2 aromatic carbocycles. The minimum absolute atomic E-state index is 0.296. The number of rotatable bonds is 5. The molecule has 0 bridgehead atoms. The van der Waals surface area contributed by atoms with E-state index in [0.29, 0.717) is 36.1 Å². The molecule has 7 heteroatoms. The van der Waals surface area contributed by atoms with E-state index in [1.165, 1.54) is 12.1 Å². The summed E-state index contributed by atoms with van der Waals surface area (Å²) in [5, 5.41) is 5.07. The van der Waals surface area contributed by atoms with Crippen LogP contribution >= 0.6 is 11.6 Å². The highest BCUT2D eigenvalue weighted by atomic mass is 35.5. The highest BCUT2D eigenvalue weighted by Gasteiger charge is 2.47. The van der Waals surface area contributed by atoms with E-state index in [1.54, 1.807) is 25.1 Å². The van der Waals surface area contributed by atoms with Crippen LogP contribution < -0.4 is 10.3 Å². The van der Waals surface area contributed by atoms with Gasteiger partial charge in [0.05, 0.1) is 24.6 Å². The molecule has 1 saturated heterocycles. The molecule has 1 unspecified atom stereocenters. The third-order valence-electron chi connectivity index (χ3n) is 4.55. The molecule has 0 spiro atoms. The second kappa shape index (κ2) is 7.96. The summed E-state index contributed by atoms with van der Waals surface area (Å²) in [7, 11) is 0. The third-order valence-corrected chi connectivity index (χ3v) is 4.78. The van der Waals surface area contributed by atoms with Gasteiger partial charge in [0, 0.05) is 17.3 Å². The molecule has 1 aliphatic heterocycles. The summed E-state index contributed by atoms with van der Waals surface area (Å²) in [6.45, 7) is 4.77. The minimum atomic E-state index is -0.897. The molecular weight excluding hydrogens is 369 g/mol. The molecule has 1 heterocycles. The second-order valence-corrected chi connectivity index (χ2v) is 7.00. The van der Waals surface area contributed by atoms with Crippen LogP contribution in [0.15, 0.2) is 53.6 Å². The lowest BCUT2D eigenvalue weighted by Gasteiger charge is -2.23. The topological polar surface area (TPSA) is 53.9 Å². The Hall–Kier alpha value is -2.60. The van der Waals surface area contributed by atoms with Gasteiger partial charge in [0.25, 0.3) is 0 Å². The van der Waals surface area contributed by atoms with Crippen LogP contribution in [0.1, 0.15) is 13.8 Å². The van der Waals surface area contributed by atoms with E-state index in [-0.39, 0.29) is 11.8 Å². The van der Waals surface area contributed by atoms with E-state index in [1.807, 2.05) is 30.0 Å². The van der Waals surface area contributed by atoms with Crippen LogP contribution in [0, 0.1) is 11.2 Å². The molecule has 2 aromatic rings. The molecule has 1 N–H and O–H groups in total. The van der Waals surface area contributed by atoms with Gasteiger partial charge in [-0.15, -0.1) is 0 Å². The number of benzene rings is 2. The SMILES string of the molecule is CCOC(=O)C1(C)CN(c2cccc(Cl)c2)C/C1=N\Nc1ccc(F)cc1. The van der Waals surface area contributed by atoms with Gasteiger partial charge in [-0.1, -0.05) is 17.7 Å². The zero-order valence-corrected chi connectivity index (χ0v) is 16.0. The normalized spacial score (nSPS) is 20.7. The summed E-state index contributed by atoms with van der Waals surface area (Å²) in [6, 6.07) is 13.3. The maximum absolute atomic E-state index is 13.1. The summed E-state index contributed by atoms with van der Waals surface area (Å²) in [6.07, 6.45) is 0. The highest BCUT2D eigenvalue weighted by molar-refractivity contribution is 6.30. The van der Waals surface area contributed by atoms with Crippen LogP contribution in [-0.2, 0) is 9.53 Å². The Labute approximate surface area is 162 Å². The van der Waals surface area contributed by atoms with Crippen molar-refractivity contribution >= 4 is 34.7 Å². The lowest BCUT2D eigenvalue weighted by Crippen LogP contribution is -2.38. The zero-order valence-electron chi connectivity index (χ0n) is 15.2. The minimum Gasteiger partial charge on any atom is -0.465 e. The van der Waals surface area contributed by atoms with Gasteiger partial charge < -0.3 is 9.64 Å². The molecule has 3 rings (SSSR count). The fraction of sp³-hybridized carbons (Fsp3) is 0.300. The molecule has 27 heavy (non-hydrogen) atoms. The fourth-order valence-electron chi connectivity index (χ4n) is 3.03. The van der Waals surface area contributed by atoms with Gasteiger partial charge in [-0.3, -0.25) is 10.2 Å². The van der Waals surface area contributed by atoms with Gasteiger partial charge in [0.2, 0.25) is 0 Å². The summed E-state index contributed by atoms with van der Waals surface area (Å²) < 4.78 is 18.4. The van der Waals surface area contributed by atoms with E-state index < -0.39 is 5.41 Å². The predicted octanol–water partition coefficient (Wildman–Crippen LogP) is 4.34. The molecular formula is C20H21ClFN3O2. The Morgan fingerprint density at radius 1 is 1.33 bits per heavy atom. The van der Waals surface area contributed by atoms with Crippen LogP contribution in [0.3, 0.4) is 0 Å². The predicted molar refractivity (Wildman–Crippen MR) is 106 cm³/mol. The summed E-state index contributed by atoms with van der Waals surface area (Å²) in [5.74, 6) is -0.647. The first kappa shape index (κ1) is 19.2. The number of hydrazone groups is 1. The first-order valence-corrected chi connectivity index (χ1v) is 9.06. The number of carbonyl (C=O) groups excluding carboxylic acids is 1. The zero-order chi connectivity index (χ0) is 19.4. The monoisotopic (exact) mass is 389 g/mol. The quantitative estimate of drug-likeness (QED) is 0.610. The number of hydrogen-bond donors (Lipinski definition) is 1. The fourth-order valence-corrected chi connectivity index (χ4v) is 3.21. The molecule has 1 atom stereocenters. The lowest BCUT2D eigenvalue weighted by atomic mass is 9.88. The average molecular weight is 390 g/mol. The summed E-state index contributed by atoms with van der Waals surface area (Å²) >= 11 is 6.11. The summed E-state index contributed by atoms with van der Waals surface area (Å²) in [4.78, 5) is 14.7. The lowest BCUT2D eigenvalue weighted by molar-refractivity contribution is -0.149. The highest BCUT2D eigenvalue weighted by Crippen LogP contribution is 2.33. The Bertz CT molecular complexity index is 857. The van der Waals surface area contributed by atoms with E-state index >= 15 is 0 Å². The van der Waals surface area contributed by atoms with Gasteiger partial charge in [-0.05, 0) is 56.3 Å². The van der Waals surface area contributed by atoms with E-state index in [2.05, 4.69) is 10.5 Å². The first-order valence-electron chi connectivity index (χ1n) is 8.69. The van der Waals surface area contributed by atoms with Crippen LogP contribution in [0.4, 0.5) is 15.8 Å². The maximum Gasteiger partial charge on any atom is 0.319 e. The van der Waals surface area contributed by atoms with Gasteiger partial charge in [-0.2, -0.15) is 5.10 Å². The Balaban J connectivity index is 1.88. The first-order chi connectivity index (χ1) is 12.9. The molecule has 0 radical (unpaired) electrons. The van der Waals surface area contributed by atoms with Crippen molar-refractivity contribution in [3.05, 3.63) is 59.4 Å². The number of ether oxygens (including phenoxy) is 1. The number of halogens is 2. The number of nitrogens with one attached hydrogen (secondary N) is 1. The van der Waals surface area contributed by atoms with Crippen molar-refractivity contribution in [2.45, 2.75) is 13.8 Å². The van der Waals surface area contributed by atoms with Gasteiger partial charge in [0.15, 0.2) is 0 Å². The number of hydrogen-bond acceptors (Lipinski definition) is 5. The standard InChI is InChI=1S/C20H21ClFN3O2/c1-3-27-19(26)20(2)13-25(17-6-4-5-14(21)11-17)12-18(20)24-23-16-9-7-15(22)8-10-16/h4-11,23H,3,12-13H2,1-2H3/b24-18+. The van der Waals surface area contributed by atoms with Gasteiger partial charge >= 0.3 is 5.97 Å². The maximum atomic E-state index is 13.1. The van der Waals surface area contributed by atoms with E-state index in [4.69, 9.17) is 16.3 Å². The molecule has 0 aliphatic carbocycles. The van der Waals surface area contributed by atoms with E-state index in [0.717, 1.165) is 5.69 Å². The Morgan fingerprint density at radius 3 is 2.74 bits per heavy atom. The van der Waals surface area contributed by atoms with Gasteiger partial charge in [0.1, 0.15) is 11.2 Å². The number of esters is 1. The van der Waals surface area contributed by atoms with Crippen molar-refractivity contribution in [3.63, 3.8) is 0 Å². The molecule has 0 saturated carbocycles. The van der Waals surface area contributed by atoms with Crippen molar-refractivity contribution in [2.75, 3.05) is 30.0 Å². The van der Waals surface area contributed by atoms with Crippen molar-refractivity contribution in [1.82, 2.24) is 0 Å². The second-order valence-electron chi connectivity index (χ2n) is 6.57. The van der Waals surface area contributed by atoms with Crippen LogP contribution in [0.2, 0.25) is 5.02 Å². The van der Waals surface area contributed by atoms with Crippen LogP contribution in [0.5, 0.6) is 0 Å². The van der Waals surface area contributed by atoms with Crippen molar-refractivity contribution in [1.29, 1.82) is 0 Å². The van der Waals surface area contributed by atoms with Crippen LogP contribution in [0.25, 0.3) is 0 Å². The van der Waals surface area contributed by atoms with E-state index in [9.17, 15) is 9.18 Å². The average Bonchev–Trinajstić information content (AvgIpc) is 3.00. The van der Waals surface area contributed by atoms with Crippen molar-refractivity contribution in [2.24, 2.45) is 10.5 Å². The van der Waals surface area contributed by atoms with Crippen LogP contribution in [-0.4, -0.2) is 31.4 Å². The van der Waals surface area contributed by atoms with Crippen molar-refractivity contribution < 1.29 is 13.9 Å². The molecule has 142 valence electrons. The largest absolute Gasteiger partial charge is 0.465 e. The molecule has 5 nitrogen and oxygen atoms in total. The number of nitrogens with zero attached hydrogens (tertiary/aromatic N) is 2. The smallest absolute Gasteiger partial charge is 0.319 e. The molecule has 1 fully saturated rings. The molecule has 1 aliphatic rings. The third kappa shape index (κ3) is 4.22. The number of anilines is 2. The Kier molecular flexibility index (Phi) is 5.65. The van der Waals surface area contributed by atoms with Gasteiger partial charge in [-0.25, -0.2) is 4.39 Å². The Morgan fingerprint density at radius 2 is 2.07 bits per heavy atom. The number of carbonyl (C=O) groups is 1. The summed E-state index contributed by atoms with van der Waals surface area (Å²) in [5.41, 5.74) is 4.20.